The van der Waals surface area contributed by atoms with Gasteiger partial charge in [-0.15, -0.1) is 0 Å². The zero-order chi connectivity index (χ0) is 16.2. The van der Waals surface area contributed by atoms with Crippen LogP contribution in [0.3, 0.4) is 0 Å². The lowest BCUT2D eigenvalue weighted by atomic mass is 9.88. The molecule has 2 heterocycles. The van der Waals surface area contributed by atoms with Gasteiger partial charge >= 0.3 is 0 Å². The molecular weight excluding hydrogens is 298 g/mol. The van der Waals surface area contributed by atoms with Crippen molar-refractivity contribution in [2.45, 2.75) is 19.4 Å². The third-order valence-electron chi connectivity index (χ3n) is 4.27. The van der Waals surface area contributed by atoms with Gasteiger partial charge in [-0.3, -0.25) is 14.7 Å². The van der Waals surface area contributed by atoms with Crippen molar-refractivity contribution < 1.29 is 13.6 Å². The van der Waals surface area contributed by atoms with Gasteiger partial charge in [0, 0.05) is 24.7 Å². The molecular formula is C18H18F2N2O. The Kier molecular flexibility index (Phi) is 4.76. The van der Waals surface area contributed by atoms with E-state index in [1.807, 2.05) is 18.2 Å². The molecule has 1 fully saturated rings. The summed E-state index contributed by atoms with van der Waals surface area (Å²) in [4.78, 5) is 18.9. The number of hydrogen-bond donors (Lipinski definition) is 0. The van der Waals surface area contributed by atoms with E-state index in [2.05, 4.69) is 9.88 Å². The van der Waals surface area contributed by atoms with Crippen molar-refractivity contribution in [1.29, 1.82) is 0 Å². The maximum absolute atomic E-state index is 13.7. The molecule has 1 aromatic carbocycles. The zero-order valence-corrected chi connectivity index (χ0v) is 12.7. The third kappa shape index (κ3) is 3.79. The monoisotopic (exact) mass is 316 g/mol. The summed E-state index contributed by atoms with van der Waals surface area (Å²) in [5, 5.41) is 0. The minimum Gasteiger partial charge on any atom is -0.297 e. The number of benzene rings is 1. The van der Waals surface area contributed by atoms with Crippen LogP contribution >= 0.6 is 0 Å². The van der Waals surface area contributed by atoms with Gasteiger partial charge in [-0.1, -0.05) is 6.07 Å². The normalized spacial score (nSPS) is 16.4. The Labute approximate surface area is 134 Å². The first-order chi connectivity index (χ1) is 11.1. The van der Waals surface area contributed by atoms with Crippen LogP contribution in [0.4, 0.5) is 8.78 Å². The number of rotatable bonds is 4. The van der Waals surface area contributed by atoms with Crippen molar-refractivity contribution in [3.8, 4) is 0 Å². The fourth-order valence-corrected chi connectivity index (χ4v) is 2.98. The topological polar surface area (TPSA) is 33.2 Å². The number of carbonyl (C=O) groups excluding carboxylic acids is 1. The summed E-state index contributed by atoms with van der Waals surface area (Å²) in [6.45, 7) is 2.30. The molecule has 2 aromatic rings. The van der Waals surface area contributed by atoms with Gasteiger partial charge in [0.15, 0.2) is 5.78 Å². The first-order valence-corrected chi connectivity index (χ1v) is 7.75. The third-order valence-corrected chi connectivity index (χ3v) is 4.27. The van der Waals surface area contributed by atoms with Gasteiger partial charge in [0.25, 0.3) is 0 Å². The average Bonchev–Trinajstić information content (AvgIpc) is 2.56. The standard InChI is InChI=1S/C18H18F2N2O/c19-14-4-5-16(17(20)11-14)18(23)13-6-9-22(10-7-13)12-15-3-1-2-8-21-15/h1-5,8,11,13H,6-7,9-10,12H2. The number of hydrogen-bond acceptors (Lipinski definition) is 3. The van der Waals surface area contributed by atoms with Gasteiger partial charge in [-0.25, -0.2) is 8.78 Å². The largest absolute Gasteiger partial charge is 0.297 e. The van der Waals surface area contributed by atoms with Crippen molar-refractivity contribution in [3.63, 3.8) is 0 Å². The Morgan fingerprint density at radius 2 is 1.96 bits per heavy atom. The summed E-state index contributed by atoms with van der Waals surface area (Å²) < 4.78 is 26.7. The maximum Gasteiger partial charge on any atom is 0.168 e. The lowest BCUT2D eigenvalue weighted by Crippen LogP contribution is -2.36. The van der Waals surface area contributed by atoms with Crippen LogP contribution < -0.4 is 0 Å². The van der Waals surface area contributed by atoms with Gasteiger partial charge in [0.2, 0.25) is 0 Å². The van der Waals surface area contributed by atoms with E-state index < -0.39 is 11.6 Å². The Morgan fingerprint density at radius 1 is 1.17 bits per heavy atom. The smallest absolute Gasteiger partial charge is 0.168 e. The van der Waals surface area contributed by atoms with E-state index in [4.69, 9.17) is 0 Å². The number of piperidine rings is 1. The van der Waals surface area contributed by atoms with Gasteiger partial charge in [-0.05, 0) is 50.2 Å². The molecule has 0 N–H and O–H groups in total. The van der Waals surface area contributed by atoms with Crippen LogP contribution in [-0.2, 0) is 6.54 Å². The molecule has 23 heavy (non-hydrogen) atoms. The predicted molar refractivity (Wildman–Crippen MR) is 82.9 cm³/mol. The van der Waals surface area contributed by atoms with Crippen LogP contribution in [0.15, 0.2) is 42.6 Å². The highest BCUT2D eigenvalue weighted by molar-refractivity contribution is 5.98. The van der Waals surface area contributed by atoms with E-state index in [-0.39, 0.29) is 17.3 Å². The second kappa shape index (κ2) is 6.96. The molecule has 5 heteroatoms. The van der Waals surface area contributed by atoms with Crippen molar-refractivity contribution in [2.75, 3.05) is 13.1 Å². The van der Waals surface area contributed by atoms with Crippen LogP contribution in [0.1, 0.15) is 28.9 Å². The molecule has 1 aromatic heterocycles. The maximum atomic E-state index is 13.7. The van der Waals surface area contributed by atoms with E-state index in [0.29, 0.717) is 12.8 Å². The molecule has 3 rings (SSSR count). The summed E-state index contributed by atoms with van der Waals surface area (Å²) in [6.07, 6.45) is 3.13. The number of carbonyl (C=O) groups is 1. The summed E-state index contributed by atoms with van der Waals surface area (Å²) in [6, 6.07) is 8.95. The van der Waals surface area contributed by atoms with E-state index in [9.17, 15) is 13.6 Å². The molecule has 0 amide bonds. The lowest BCUT2D eigenvalue weighted by Gasteiger charge is -2.31. The van der Waals surface area contributed by atoms with Crippen LogP contribution in [0, 0.1) is 17.6 Å². The second-order valence-electron chi connectivity index (χ2n) is 5.86. The summed E-state index contributed by atoms with van der Waals surface area (Å²) in [5.41, 5.74) is 0.997. The Balaban J connectivity index is 1.59. The molecule has 0 bridgehead atoms. The average molecular weight is 316 g/mol. The molecule has 1 saturated heterocycles. The van der Waals surface area contributed by atoms with Crippen molar-refractivity contribution in [2.24, 2.45) is 5.92 Å². The van der Waals surface area contributed by atoms with Gasteiger partial charge in [0.1, 0.15) is 11.6 Å². The molecule has 0 aliphatic carbocycles. The first-order valence-electron chi connectivity index (χ1n) is 7.75. The van der Waals surface area contributed by atoms with E-state index in [1.54, 1.807) is 6.20 Å². The van der Waals surface area contributed by atoms with Crippen molar-refractivity contribution >= 4 is 5.78 Å². The van der Waals surface area contributed by atoms with Crippen LogP contribution in [-0.4, -0.2) is 28.8 Å². The number of Topliss-reactive ketones (excluding diaryl/α,β-unsaturated/α-hetero) is 1. The highest BCUT2D eigenvalue weighted by atomic mass is 19.1. The predicted octanol–water partition coefficient (Wildman–Crippen LogP) is 3.45. The first kappa shape index (κ1) is 15.7. The van der Waals surface area contributed by atoms with Crippen LogP contribution in [0.2, 0.25) is 0 Å². The minimum absolute atomic E-state index is 0.00502. The summed E-state index contributed by atoms with van der Waals surface area (Å²) in [5.74, 6) is -1.86. The van der Waals surface area contributed by atoms with Crippen LogP contribution in [0.5, 0.6) is 0 Å². The molecule has 0 spiro atoms. The minimum atomic E-state index is -0.772. The highest BCUT2D eigenvalue weighted by Gasteiger charge is 2.27. The Bertz CT molecular complexity index is 683. The SMILES string of the molecule is O=C(c1ccc(F)cc1F)C1CCN(Cc2ccccn2)CC1. The van der Waals surface area contributed by atoms with Crippen molar-refractivity contribution in [1.82, 2.24) is 9.88 Å². The summed E-state index contributed by atoms with van der Waals surface area (Å²) in [7, 11) is 0. The molecule has 1 aliphatic rings. The number of pyridine rings is 1. The molecule has 0 atom stereocenters. The number of nitrogens with zero attached hydrogens (tertiary/aromatic N) is 2. The van der Waals surface area contributed by atoms with Crippen LogP contribution in [0.25, 0.3) is 0 Å². The Morgan fingerprint density at radius 3 is 2.61 bits per heavy atom. The van der Waals surface area contributed by atoms with E-state index in [1.165, 1.54) is 6.07 Å². The number of halogens is 2. The number of ketones is 1. The van der Waals surface area contributed by atoms with E-state index in [0.717, 1.165) is 37.5 Å². The summed E-state index contributed by atoms with van der Waals surface area (Å²) >= 11 is 0. The molecule has 3 nitrogen and oxygen atoms in total. The molecule has 0 radical (unpaired) electrons. The number of aromatic nitrogens is 1. The number of likely N-dealkylation sites (tertiary alicyclic amines) is 1. The van der Waals surface area contributed by atoms with Crippen molar-refractivity contribution in [3.05, 3.63) is 65.5 Å². The molecule has 120 valence electrons. The molecule has 0 saturated carbocycles. The lowest BCUT2D eigenvalue weighted by molar-refractivity contribution is 0.0829. The zero-order valence-electron chi connectivity index (χ0n) is 12.7. The fourth-order valence-electron chi connectivity index (χ4n) is 2.98. The molecule has 1 aliphatic heterocycles. The Hall–Kier alpha value is -2.14. The van der Waals surface area contributed by atoms with Gasteiger partial charge in [-0.2, -0.15) is 0 Å². The fraction of sp³-hybridized carbons (Fsp3) is 0.333. The second-order valence-corrected chi connectivity index (χ2v) is 5.86. The highest BCUT2D eigenvalue weighted by Crippen LogP contribution is 2.24. The van der Waals surface area contributed by atoms with Gasteiger partial charge in [0.05, 0.1) is 11.3 Å². The van der Waals surface area contributed by atoms with E-state index >= 15 is 0 Å². The van der Waals surface area contributed by atoms with Gasteiger partial charge < -0.3 is 0 Å². The molecule has 0 unspecified atom stereocenters. The quantitative estimate of drug-likeness (QED) is 0.810.